The number of amides is 1. The van der Waals surface area contributed by atoms with Gasteiger partial charge in [-0.25, -0.2) is 0 Å². The van der Waals surface area contributed by atoms with E-state index in [0.717, 1.165) is 19.3 Å². The Balaban J connectivity index is 1.80. The van der Waals surface area contributed by atoms with E-state index in [0.29, 0.717) is 13.2 Å². The van der Waals surface area contributed by atoms with Crippen LogP contribution in [-0.4, -0.2) is 33.8 Å². The van der Waals surface area contributed by atoms with Crippen LogP contribution in [0.3, 0.4) is 0 Å². The summed E-state index contributed by atoms with van der Waals surface area (Å²) in [5.41, 5.74) is 5.67. The molecule has 5 rings (SSSR count). The van der Waals surface area contributed by atoms with Crippen molar-refractivity contribution in [3.05, 3.63) is 98.5 Å². The van der Waals surface area contributed by atoms with Crippen LogP contribution in [0.1, 0.15) is 57.7 Å². The van der Waals surface area contributed by atoms with E-state index in [4.69, 9.17) is 0 Å². The zero-order valence-electron chi connectivity index (χ0n) is 18.4. The molecule has 0 fully saturated rings. The number of nitrogens with zero attached hydrogens (tertiary/aromatic N) is 3. The molecule has 2 aliphatic rings. The Kier molecular flexibility index (Phi) is 5.00. The number of fused-ring (bicyclic) bond motifs is 3. The van der Waals surface area contributed by atoms with Crippen molar-refractivity contribution in [3.63, 3.8) is 0 Å². The van der Waals surface area contributed by atoms with Crippen molar-refractivity contribution in [1.82, 2.24) is 9.58 Å². The smallest absolute Gasteiger partial charge is 0.277 e. The van der Waals surface area contributed by atoms with Crippen LogP contribution < -0.4 is 10.4 Å². The van der Waals surface area contributed by atoms with Gasteiger partial charge < -0.3 is 10.0 Å². The first-order valence-corrected chi connectivity index (χ1v) is 11.2. The Bertz CT molecular complexity index is 1260. The van der Waals surface area contributed by atoms with Gasteiger partial charge >= 0.3 is 0 Å². The number of aromatic hydroxyl groups is 1. The van der Waals surface area contributed by atoms with Gasteiger partial charge in [-0.3, -0.25) is 19.3 Å². The predicted molar refractivity (Wildman–Crippen MR) is 124 cm³/mol. The van der Waals surface area contributed by atoms with Crippen LogP contribution in [0.25, 0.3) is 0 Å². The lowest BCUT2D eigenvalue weighted by molar-refractivity contribution is 0.0679. The van der Waals surface area contributed by atoms with Gasteiger partial charge in [-0.2, -0.15) is 0 Å². The molecule has 164 valence electrons. The van der Waals surface area contributed by atoms with E-state index in [1.807, 2.05) is 6.92 Å². The summed E-state index contributed by atoms with van der Waals surface area (Å²) in [6, 6.07) is 16.0. The fraction of sp³-hybridized carbons (Fsp3) is 0.308. The molecule has 0 spiro atoms. The molecule has 2 heterocycles. The van der Waals surface area contributed by atoms with Gasteiger partial charge in [0.2, 0.25) is 5.43 Å². The highest BCUT2D eigenvalue weighted by Crippen LogP contribution is 2.39. The van der Waals surface area contributed by atoms with E-state index in [-0.39, 0.29) is 17.6 Å². The number of hydrogen-bond donors (Lipinski definition) is 1. The largest absolute Gasteiger partial charge is 0.502 e. The SMILES string of the molecule is CCCN1CN(C2c3ccccc3CCc3cccc(C)c32)n2ccc(=O)c(O)c2C1=O. The number of pyridine rings is 1. The van der Waals surface area contributed by atoms with E-state index in [9.17, 15) is 14.7 Å². The Morgan fingerprint density at radius 2 is 1.75 bits per heavy atom. The minimum absolute atomic E-state index is 0.0362. The van der Waals surface area contributed by atoms with Crippen molar-refractivity contribution in [1.29, 1.82) is 0 Å². The maximum atomic E-state index is 13.2. The number of aromatic nitrogens is 1. The minimum Gasteiger partial charge on any atom is -0.502 e. The third-order valence-electron chi connectivity index (χ3n) is 6.63. The molecular formula is C26H27N3O3. The maximum Gasteiger partial charge on any atom is 0.277 e. The van der Waals surface area contributed by atoms with Gasteiger partial charge in [0, 0.05) is 18.8 Å². The molecule has 0 saturated heterocycles. The highest BCUT2D eigenvalue weighted by atomic mass is 16.3. The van der Waals surface area contributed by atoms with Crippen molar-refractivity contribution in [2.75, 3.05) is 18.2 Å². The number of hydrogen-bond acceptors (Lipinski definition) is 4. The molecule has 0 bridgehead atoms. The maximum absolute atomic E-state index is 13.2. The summed E-state index contributed by atoms with van der Waals surface area (Å²) in [5, 5.41) is 12.7. The fourth-order valence-corrected chi connectivity index (χ4v) is 5.15. The van der Waals surface area contributed by atoms with E-state index < -0.39 is 11.2 Å². The van der Waals surface area contributed by atoms with Crippen LogP contribution in [0.5, 0.6) is 5.75 Å². The lowest BCUT2D eigenvalue weighted by atomic mass is 9.90. The summed E-state index contributed by atoms with van der Waals surface area (Å²) < 4.78 is 1.69. The Hall–Kier alpha value is -3.54. The molecule has 1 atom stereocenters. The molecular weight excluding hydrogens is 402 g/mol. The summed E-state index contributed by atoms with van der Waals surface area (Å²) >= 11 is 0. The number of carbonyl (C=O) groups excluding carboxylic acids is 1. The summed E-state index contributed by atoms with van der Waals surface area (Å²) in [7, 11) is 0. The Morgan fingerprint density at radius 1 is 1.00 bits per heavy atom. The molecule has 1 unspecified atom stereocenters. The van der Waals surface area contributed by atoms with Crippen LogP contribution in [0.4, 0.5) is 0 Å². The van der Waals surface area contributed by atoms with Gasteiger partial charge in [0.1, 0.15) is 6.67 Å². The number of carbonyl (C=O) groups is 1. The van der Waals surface area contributed by atoms with E-state index >= 15 is 0 Å². The number of aryl methyl sites for hydroxylation is 3. The molecule has 1 amide bonds. The zero-order chi connectivity index (χ0) is 22.4. The third-order valence-corrected chi connectivity index (χ3v) is 6.63. The molecule has 1 aromatic heterocycles. The monoisotopic (exact) mass is 429 g/mol. The lowest BCUT2D eigenvalue weighted by Gasteiger charge is -2.44. The van der Waals surface area contributed by atoms with Crippen LogP contribution in [0, 0.1) is 6.92 Å². The zero-order valence-corrected chi connectivity index (χ0v) is 18.4. The second-order valence-corrected chi connectivity index (χ2v) is 8.62. The molecule has 3 aromatic rings. The average molecular weight is 430 g/mol. The molecule has 6 heteroatoms. The van der Waals surface area contributed by atoms with E-state index in [2.05, 4.69) is 54.4 Å². The van der Waals surface area contributed by atoms with Crippen LogP contribution >= 0.6 is 0 Å². The quantitative estimate of drug-likeness (QED) is 0.692. The first-order valence-electron chi connectivity index (χ1n) is 11.2. The number of benzene rings is 2. The van der Waals surface area contributed by atoms with Gasteiger partial charge in [-0.1, -0.05) is 49.4 Å². The molecule has 0 radical (unpaired) electrons. The summed E-state index contributed by atoms with van der Waals surface area (Å²) in [6.45, 7) is 5.06. The molecule has 0 saturated carbocycles. The first kappa shape index (κ1) is 20.4. The molecule has 1 N–H and O–H groups in total. The van der Waals surface area contributed by atoms with E-state index in [1.54, 1.807) is 15.8 Å². The fourth-order valence-electron chi connectivity index (χ4n) is 5.15. The van der Waals surface area contributed by atoms with Crippen molar-refractivity contribution in [2.45, 2.75) is 39.2 Å². The van der Waals surface area contributed by atoms with Gasteiger partial charge in [0.25, 0.3) is 5.91 Å². The molecule has 32 heavy (non-hydrogen) atoms. The standard InChI is InChI=1S/C26H27N3O3/c1-3-14-27-16-29(28-15-13-21(30)25(31)24(28)26(27)32)23-20-10-5-4-8-18(20)11-12-19-9-6-7-17(2)22(19)23/h4-10,13,15,23,31H,3,11-12,14,16H2,1-2H3. The van der Waals surface area contributed by atoms with Crippen molar-refractivity contribution in [3.8, 4) is 5.75 Å². The van der Waals surface area contributed by atoms with Crippen molar-refractivity contribution in [2.24, 2.45) is 0 Å². The third kappa shape index (κ3) is 3.09. The average Bonchev–Trinajstić information content (AvgIpc) is 2.96. The van der Waals surface area contributed by atoms with Crippen LogP contribution in [-0.2, 0) is 12.8 Å². The van der Waals surface area contributed by atoms with Crippen molar-refractivity contribution >= 4 is 5.91 Å². The Morgan fingerprint density at radius 3 is 2.56 bits per heavy atom. The van der Waals surface area contributed by atoms with E-state index in [1.165, 1.54) is 33.9 Å². The van der Waals surface area contributed by atoms with Gasteiger partial charge in [-0.15, -0.1) is 0 Å². The minimum atomic E-state index is -0.541. The molecule has 6 nitrogen and oxygen atoms in total. The summed E-state index contributed by atoms with van der Waals surface area (Å²) in [4.78, 5) is 27.2. The highest BCUT2D eigenvalue weighted by Gasteiger charge is 2.38. The predicted octanol–water partition coefficient (Wildman–Crippen LogP) is 3.51. The normalized spacial score (nSPS) is 17.4. The molecule has 1 aliphatic heterocycles. The highest BCUT2D eigenvalue weighted by molar-refractivity contribution is 5.96. The van der Waals surface area contributed by atoms with Crippen molar-refractivity contribution < 1.29 is 9.90 Å². The summed E-state index contributed by atoms with van der Waals surface area (Å²) in [6.07, 6.45) is 4.29. The molecule has 1 aliphatic carbocycles. The first-order chi connectivity index (χ1) is 15.5. The second kappa shape index (κ2) is 7.86. The number of rotatable bonds is 3. The summed E-state index contributed by atoms with van der Waals surface area (Å²) in [5.74, 6) is -0.805. The van der Waals surface area contributed by atoms with Gasteiger partial charge in [0.15, 0.2) is 11.4 Å². The Labute approximate surface area is 187 Å². The molecule has 2 aromatic carbocycles. The second-order valence-electron chi connectivity index (χ2n) is 8.62. The van der Waals surface area contributed by atoms with Crippen LogP contribution in [0.2, 0.25) is 0 Å². The lowest BCUT2D eigenvalue weighted by Crippen LogP contribution is -2.55. The van der Waals surface area contributed by atoms with Crippen LogP contribution in [0.15, 0.2) is 59.5 Å². The van der Waals surface area contributed by atoms with Gasteiger partial charge in [-0.05, 0) is 54.0 Å². The van der Waals surface area contributed by atoms with Gasteiger partial charge in [0.05, 0.1) is 6.04 Å². The topological polar surface area (TPSA) is 65.8 Å².